The summed E-state index contributed by atoms with van der Waals surface area (Å²) in [4.78, 5) is 37.7. The van der Waals surface area contributed by atoms with Gasteiger partial charge >= 0.3 is 0 Å². The third-order valence-corrected chi connectivity index (χ3v) is 5.07. The third kappa shape index (κ3) is 4.59. The summed E-state index contributed by atoms with van der Waals surface area (Å²) < 4.78 is 26.9. The van der Waals surface area contributed by atoms with E-state index < -0.39 is 23.4 Å². The van der Waals surface area contributed by atoms with E-state index in [1.54, 1.807) is 25.1 Å². The molecule has 2 aromatic carbocycles. The summed E-state index contributed by atoms with van der Waals surface area (Å²) in [6, 6.07) is 7.70. The molecule has 1 aliphatic rings. The summed E-state index contributed by atoms with van der Waals surface area (Å²) in [7, 11) is 0. The number of rotatable bonds is 4. The molecule has 0 atom stereocenters. The Labute approximate surface area is 166 Å². The fraction of sp³-hybridized carbons (Fsp3) is 0.286. The molecule has 0 bridgehead atoms. The molecule has 8 heteroatoms. The molecule has 1 heterocycles. The van der Waals surface area contributed by atoms with E-state index in [4.69, 9.17) is 5.73 Å². The molecule has 0 saturated carbocycles. The van der Waals surface area contributed by atoms with Gasteiger partial charge in [-0.05, 0) is 55.7 Å². The topological polar surface area (TPSA) is 92.5 Å². The molecule has 0 aromatic heterocycles. The minimum atomic E-state index is -0.898. The number of aryl methyl sites for hydroxylation is 1. The normalized spacial score (nSPS) is 14.5. The van der Waals surface area contributed by atoms with E-state index in [1.807, 2.05) is 0 Å². The molecule has 1 saturated heterocycles. The van der Waals surface area contributed by atoms with E-state index in [0.29, 0.717) is 48.8 Å². The standard InChI is InChI=1S/C21H21F2N3O3/c1-12-10-15(3-5-16(12)19(24)27)25-20(28)13-6-8-26(9-7-13)21(29)17-4-2-14(22)11-18(17)23/h2-5,10-11,13H,6-9H2,1H3,(H2,24,27)(H,25,28). The average Bonchev–Trinajstić information content (AvgIpc) is 2.67. The quantitative estimate of drug-likeness (QED) is 0.825. The Bertz CT molecular complexity index is 970. The second-order valence-corrected chi connectivity index (χ2v) is 7.07. The molecular formula is C21H21F2N3O3. The molecule has 152 valence electrons. The van der Waals surface area contributed by atoms with Gasteiger partial charge in [-0.1, -0.05) is 0 Å². The number of carbonyl (C=O) groups is 3. The predicted octanol–water partition coefficient (Wildman–Crippen LogP) is 2.86. The summed E-state index contributed by atoms with van der Waals surface area (Å²) in [6.07, 6.45) is 0.859. The molecule has 1 aliphatic heterocycles. The van der Waals surface area contributed by atoms with Crippen molar-refractivity contribution in [1.82, 2.24) is 4.90 Å². The highest BCUT2D eigenvalue weighted by atomic mass is 19.1. The fourth-order valence-electron chi connectivity index (χ4n) is 3.44. The van der Waals surface area contributed by atoms with Gasteiger partial charge in [0.2, 0.25) is 11.8 Å². The zero-order valence-electron chi connectivity index (χ0n) is 15.9. The van der Waals surface area contributed by atoms with Crippen LogP contribution in [0.2, 0.25) is 0 Å². The molecule has 0 spiro atoms. The van der Waals surface area contributed by atoms with Crippen molar-refractivity contribution in [3.63, 3.8) is 0 Å². The number of nitrogens with one attached hydrogen (secondary N) is 1. The van der Waals surface area contributed by atoms with Crippen LogP contribution >= 0.6 is 0 Å². The van der Waals surface area contributed by atoms with Crippen LogP contribution in [-0.2, 0) is 4.79 Å². The SMILES string of the molecule is Cc1cc(NC(=O)C2CCN(C(=O)c3ccc(F)cc3F)CC2)ccc1C(N)=O. The van der Waals surface area contributed by atoms with Crippen molar-refractivity contribution in [1.29, 1.82) is 0 Å². The van der Waals surface area contributed by atoms with E-state index in [0.717, 1.165) is 12.1 Å². The number of likely N-dealkylation sites (tertiary alicyclic amines) is 1. The minimum Gasteiger partial charge on any atom is -0.366 e. The number of hydrogen-bond donors (Lipinski definition) is 2. The van der Waals surface area contributed by atoms with Crippen LogP contribution in [0.5, 0.6) is 0 Å². The number of nitrogens with two attached hydrogens (primary N) is 1. The van der Waals surface area contributed by atoms with Gasteiger partial charge in [-0.2, -0.15) is 0 Å². The average molecular weight is 401 g/mol. The highest BCUT2D eigenvalue weighted by Gasteiger charge is 2.29. The monoisotopic (exact) mass is 401 g/mol. The molecule has 0 aliphatic carbocycles. The number of carbonyl (C=O) groups excluding carboxylic acids is 3. The van der Waals surface area contributed by atoms with Crippen molar-refractivity contribution in [2.45, 2.75) is 19.8 Å². The van der Waals surface area contributed by atoms with Gasteiger partial charge in [0.1, 0.15) is 11.6 Å². The number of amides is 3. The second kappa shape index (κ2) is 8.38. The minimum absolute atomic E-state index is 0.181. The predicted molar refractivity (Wildman–Crippen MR) is 103 cm³/mol. The first-order valence-electron chi connectivity index (χ1n) is 9.22. The number of nitrogens with zero attached hydrogens (tertiary/aromatic N) is 1. The lowest BCUT2D eigenvalue weighted by molar-refractivity contribution is -0.121. The lowest BCUT2D eigenvalue weighted by atomic mass is 9.95. The van der Waals surface area contributed by atoms with Gasteiger partial charge < -0.3 is 16.0 Å². The molecule has 3 rings (SSSR count). The third-order valence-electron chi connectivity index (χ3n) is 5.07. The van der Waals surface area contributed by atoms with Crippen molar-refractivity contribution < 1.29 is 23.2 Å². The van der Waals surface area contributed by atoms with Gasteiger partial charge in [0, 0.05) is 36.3 Å². The number of halogens is 2. The Morgan fingerprint density at radius 1 is 1.03 bits per heavy atom. The van der Waals surface area contributed by atoms with E-state index in [1.165, 1.54) is 4.90 Å². The Morgan fingerprint density at radius 3 is 2.28 bits per heavy atom. The van der Waals surface area contributed by atoms with Gasteiger partial charge in [-0.3, -0.25) is 14.4 Å². The van der Waals surface area contributed by atoms with Crippen molar-refractivity contribution in [2.75, 3.05) is 18.4 Å². The maximum Gasteiger partial charge on any atom is 0.256 e. The van der Waals surface area contributed by atoms with Gasteiger partial charge in [0.15, 0.2) is 0 Å². The molecule has 29 heavy (non-hydrogen) atoms. The lowest BCUT2D eigenvalue weighted by Gasteiger charge is -2.31. The molecule has 0 radical (unpaired) electrons. The molecule has 6 nitrogen and oxygen atoms in total. The fourth-order valence-corrected chi connectivity index (χ4v) is 3.44. The summed E-state index contributed by atoms with van der Waals surface area (Å²) in [5, 5.41) is 2.81. The number of anilines is 1. The second-order valence-electron chi connectivity index (χ2n) is 7.07. The highest BCUT2D eigenvalue weighted by molar-refractivity contribution is 5.97. The van der Waals surface area contributed by atoms with Crippen molar-refractivity contribution in [3.05, 3.63) is 64.7 Å². The molecule has 0 unspecified atom stereocenters. The van der Waals surface area contributed by atoms with Crippen LogP contribution in [0.4, 0.5) is 14.5 Å². The Balaban J connectivity index is 1.59. The lowest BCUT2D eigenvalue weighted by Crippen LogP contribution is -2.41. The first kappa shape index (κ1) is 20.4. The smallest absolute Gasteiger partial charge is 0.256 e. The van der Waals surface area contributed by atoms with E-state index in [9.17, 15) is 23.2 Å². The van der Waals surface area contributed by atoms with Crippen LogP contribution in [0, 0.1) is 24.5 Å². The number of hydrogen-bond acceptors (Lipinski definition) is 3. The van der Waals surface area contributed by atoms with Crippen molar-refractivity contribution in [2.24, 2.45) is 11.7 Å². The summed E-state index contributed by atoms with van der Waals surface area (Å²) >= 11 is 0. The van der Waals surface area contributed by atoms with Gasteiger partial charge in [-0.25, -0.2) is 8.78 Å². The first-order chi connectivity index (χ1) is 13.8. The molecule has 1 fully saturated rings. The Morgan fingerprint density at radius 2 is 1.69 bits per heavy atom. The number of benzene rings is 2. The van der Waals surface area contributed by atoms with Gasteiger partial charge in [-0.15, -0.1) is 0 Å². The first-order valence-corrected chi connectivity index (χ1v) is 9.22. The molecule has 2 aromatic rings. The maximum absolute atomic E-state index is 13.8. The molecule has 3 amide bonds. The van der Waals surface area contributed by atoms with Crippen LogP contribution in [0.1, 0.15) is 39.1 Å². The zero-order valence-corrected chi connectivity index (χ0v) is 15.9. The summed E-state index contributed by atoms with van der Waals surface area (Å²) in [5.41, 5.74) is 6.71. The van der Waals surface area contributed by atoms with Crippen LogP contribution < -0.4 is 11.1 Å². The summed E-state index contributed by atoms with van der Waals surface area (Å²) in [6.45, 7) is 2.33. The highest BCUT2D eigenvalue weighted by Crippen LogP contribution is 2.23. The zero-order chi connectivity index (χ0) is 21.1. The molecular weight excluding hydrogens is 380 g/mol. The van der Waals surface area contributed by atoms with E-state index in [2.05, 4.69) is 5.32 Å². The van der Waals surface area contributed by atoms with Gasteiger partial charge in [0.05, 0.1) is 5.56 Å². The van der Waals surface area contributed by atoms with E-state index >= 15 is 0 Å². The van der Waals surface area contributed by atoms with Crippen LogP contribution in [0.25, 0.3) is 0 Å². The van der Waals surface area contributed by atoms with Crippen molar-refractivity contribution in [3.8, 4) is 0 Å². The summed E-state index contributed by atoms with van der Waals surface area (Å²) in [5.74, 6) is -3.17. The molecule has 3 N–H and O–H groups in total. The van der Waals surface area contributed by atoms with Crippen LogP contribution in [0.15, 0.2) is 36.4 Å². The number of piperidine rings is 1. The largest absolute Gasteiger partial charge is 0.366 e. The Kier molecular flexibility index (Phi) is 5.91. The van der Waals surface area contributed by atoms with Crippen LogP contribution in [0.3, 0.4) is 0 Å². The maximum atomic E-state index is 13.8. The van der Waals surface area contributed by atoms with Gasteiger partial charge in [0.25, 0.3) is 5.91 Å². The van der Waals surface area contributed by atoms with Crippen molar-refractivity contribution >= 4 is 23.4 Å². The van der Waals surface area contributed by atoms with Crippen LogP contribution in [-0.4, -0.2) is 35.7 Å². The Hall–Kier alpha value is -3.29. The number of primary amides is 1. The van der Waals surface area contributed by atoms with E-state index in [-0.39, 0.29) is 17.4 Å².